The third-order valence-corrected chi connectivity index (χ3v) is 7.83. The van der Waals surface area contributed by atoms with Gasteiger partial charge in [0.15, 0.2) is 5.11 Å². The molecule has 0 amide bonds. The molecule has 4 rings (SSSR count). The summed E-state index contributed by atoms with van der Waals surface area (Å²) < 4.78 is 7.28. The minimum absolute atomic E-state index is 0.233. The number of thiocarbonyl (C=S) groups is 1. The lowest BCUT2D eigenvalue weighted by atomic mass is 9.95. The van der Waals surface area contributed by atoms with Crippen LogP contribution in [0.1, 0.15) is 51.8 Å². The number of ether oxygens (including phenoxy) is 1. The molecule has 0 saturated carbocycles. The number of nitrogens with zero attached hydrogens (tertiary/aromatic N) is 4. The first-order valence-corrected chi connectivity index (χ1v) is 12.3. The summed E-state index contributed by atoms with van der Waals surface area (Å²) in [5.74, 6) is -0.233. The van der Waals surface area contributed by atoms with E-state index in [9.17, 15) is 4.79 Å². The second-order valence-electron chi connectivity index (χ2n) is 8.21. The van der Waals surface area contributed by atoms with Gasteiger partial charge in [0.2, 0.25) is 0 Å². The van der Waals surface area contributed by atoms with E-state index in [1.165, 1.54) is 22.6 Å². The molecule has 1 aliphatic heterocycles. The zero-order valence-corrected chi connectivity index (χ0v) is 20.2. The van der Waals surface area contributed by atoms with E-state index < -0.39 is 0 Å². The van der Waals surface area contributed by atoms with E-state index in [0.29, 0.717) is 17.3 Å². The normalized spacial score (nSPS) is 16.8. The van der Waals surface area contributed by atoms with Gasteiger partial charge in [-0.25, -0.2) is 4.79 Å². The van der Waals surface area contributed by atoms with E-state index in [4.69, 9.17) is 17.0 Å². The molecule has 7 nitrogen and oxygen atoms in total. The summed E-state index contributed by atoms with van der Waals surface area (Å²) in [7, 11) is 1.98. The van der Waals surface area contributed by atoms with Gasteiger partial charge in [-0.2, -0.15) is 5.10 Å². The molecule has 0 atom stereocenters. The third kappa shape index (κ3) is 4.78. The summed E-state index contributed by atoms with van der Waals surface area (Å²) in [6.45, 7) is 8.88. The number of aryl methyl sites for hydroxylation is 2. The standard InChI is InChI=1S/C22H31N5O2S2/c1-4-29-21(28)19-17-7-5-6-8-18(17)31-20(19)24-22(30)27-11-9-26(10-12-27)14-16-13-23-25(3)15(16)2/h13H,4-12,14H2,1-3H3,(H,24,30). The van der Waals surface area contributed by atoms with Crippen molar-refractivity contribution < 1.29 is 9.53 Å². The molecule has 2 aromatic rings. The lowest BCUT2D eigenvalue weighted by Gasteiger charge is -2.36. The van der Waals surface area contributed by atoms with E-state index in [1.807, 2.05) is 24.9 Å². The van der Waals surface area contributed by atoms with Crippen molar-refractivity contribution in [3.8, 4) is 0 Å². The van der Waals surface area contributed by atoms with Crippen molar-refractivity contribution in [2.24, 2.45) is 7.05 Å². The van der Waals surface area contributed by atoms with Gasteiger partial charge in [0.25, 0.3) is 0 Å². The van der Waals surface area contributed by atoms with Crippen LogP contribution in [0.4, 0.5) is 5.00 Å². The van der Waals surface area contributed by atoms with Gasteiger partial charge in [-0.3, -0.25) is 9.58 Å². The van der Waals surface area contributed by atoms with Crippen molar-refractivity contribution in [2.45, 2.75) is 46.1 Å². The van der Waals surface area contributed by atoms with Crippen LogP contribution in [-0.4, -0.2) is 63.4 Å². The first kappa shape index (κ1) is 22.2. The average molecular weight is 462 g/mol. The van der Waals surface area contributed by atoms with Crippen LogP contribution in [0.3, 0.4) is 0 Å². The van der Waals surface area contributed by atoms with E-state index in [-0.39, 0.29) is 5.97 Å². The monoisotopic (exact) mass is 461 g/mol. The van der Waals surface area contributed by atoms with Gasteiger partial charge in [-0.15, -0.1) is 11.3 Å². The Hall–Kier alpha value is -1.97. The molecule has 0 unspecified atom stereocenters. The fourth-order valence-corrected chi connectivity index (χ4v) is 5.92. The Bertz CT molecular complexity index is 960. The molecule has 1 saturated heterocycles. The van der Waals surface area contributed by atoms with Crippen molar-refractivity contribution in [3.63, 3.8) is 0 Å². The Kier molecular flexibility index (Phi) is 6.93. The molecule has 3 heterocycles. The Morgan fingerprint density at radius 2 is 2.00 bits per heavy atom. The molecule has 1 aliphatic carbocycles. The maximum Gasteiger partial charge on any atom is 0.341 e. The molecule has 0 aromatic carbocycles. The number of rotatable bonds is 5. The Balaban J connectivity index is 1.39. The van der Waals surface area contributed by atoms with Crippen LogP contribution in [0.25, 0.3) is 0 Å². The number of hydrogen-bond donors (Lipinski definition) is 1. The van der Waals surface area contributed by atoms with Gasteiger partial charge >= 0.3 is 5.97 Å². The minimum atomic E-state index is -0.233. The van der Waals surface area contributed by atoms with Gasteiger partial charge in [0.05, 0.1) is 18.4 Å². The SMILES string of the molecule is CCOC(=O)c1c(NC(=S)N2CCN(Cc3cnn(C)c3C)CC2)sc2c1CCCC2. The molecule has 31 heavy (non-hydrogen) atoms. The summed E-state index contributed by atoms with van der Waals surface area (Å²) in [5, 5.41) is 9.29. The average Bonchev–Trinajstić information content (AvgIpc) is 3.28. The smallest absolute Gasteiger partial charge is 0.341 e. The number of esters is 1. The molecule has 2 aliphatic rings. The van der Waals surface area contributed by atoms with Crippen LogP contribution in [0.15, 0.2) is 6.20 Å². The van der Waals surface area contributed by atoms with Crippen molar-refractivity contribution in [1.82, 2.24) is 19.6 Å². The number of anilines is 1. The molecule has 1 fully saturated rings. The van der Waals surface area contributed by atoms with Crippen molar-refractivity contribution in [1.29, 1.82) is 0 Å². The van der Waals surface area contributed by atoms with Gasteiger partial charge in [-0.1, -0.05) is 0 Å². The second-order valence-corrected chi connectivity index (χ2v) is 9.70. The van der Waals surface area contributed by atoms with E-state index in [2.05, 4.69) is 27.1 Å². The fourth-order valence-electron chi connectivity index (χ4n) is 4.30. The number of carbonyl (C=O) groups excluding carboxylic acids is 1. The van der Waals surface area contributed by atoms with Crippen molar-refractivity contribution >= 4 is 39.6 Å². The lowest BCUT2D eigenvalue weighted by Crippen LogP contribution is -2.49. The zero-order chi connectivity index (χ0) is 22.0. The molecular weight excluding hydrogens is 430 g/mol. The van der Waals surface area contributed by atoms with Gasteiger partial charge < -0.3 is 15.0 Å². The van der Waals surface area contributed by atoms with Crippen LogP contribution in [0.5, 0.6) is 0 Å². The van der Waals surface area contributed by atoms with Crippen molar-refractivity contribution in [3.05, 3.63) is 33.5 Å². The van der Waals surface area contributed by atoms with Gasteiger partial charge in [-0.05, 0) is 57.3 Å². The third-order valence-electron chi connectivity index (χ3n) is 6.26. The number of fused-ring (bicyclic) bond motifs is 1. The minimum Gasteiger partial charge on any atom is -0.462 e. The highest BCUT2D eigenvalue weighted by Crippen LogP contribution is 2.38. The fraction of sp³-hybridized carbons (Fsp3) is 0.591. The summed E-state index contributed by atoms with van der Waals surface area (Å²) in [5.41, 5.74) is 4.36. The highest BCUT2D eigenvalue weighted by atomic mass is 32.1. The number of piperazine rings is 1. The maximum atomic E-state index is 12.7. The Morgan fingerprint density at radius 3 is 2.68 bits per heavy atom. The lowest BCUT2D eigenvalue weighted by molar-refractivity contribution is 0.0526. The Morgan fingerprint density at radius 1 is 1.26 bits per heavy atom. The molecule has 0 spiro atoms. The molecule has 0 bridgehead atoms. The quantitative estimate of drug-likeness (QED) is 0.541. The number of aromatic nitrogens is 2. The summed E-state index contributed by atoms with van der Waals surface area (Å²) in [6, 6.07) is 0. The molecular formula is C22H31N5O2S2. The number of hydrogen-bond acceptors (Lipinski definition) is 6. The van der Waals surface area contributed by atoms with Gasteiger partial charge in [0, 0.05) is 55.9 Å². The predicted molar refractivity (Wildman–Crippen MR) is 128 cm³/mol. The number of nitrogens with one attached hydrogen (secondary N) is 1. The number of thiophene rings is 1. The van der Waals surface area contributed by atoms with Crippen LogP contribution >= 0.6 is 23.6 Å². The van der Waals surface area contributed by atoms with E-state index >= 15 is 0 Å². The van der Waals surface area contributed by atoms with Crippen LogP contribution < -0.4 is 5.32 Å². The van der Waals surface area contributed by atoms with Crippen LogP contribution in [0, 0.1) is 6.92 Å². The molecule has 0 radical (unpaired) electrons. The van der Waals surface area contributed by atoms with E-state index in [0.717, 1.165) is 62.6 Å². The first-order chi connectivity index (χ1) is 15.0. The maximum absolute atomic E-state index is 12.7. The second kappa shape index (κ2) is 9.67. The van der Waals surface area contributed by atoms with Crippen molar-refractivity contribution in [2.75, 3.05) is 38.1 Å². The van der Waals surface area contributed by atoms with Crippen LogP contribution in [0.2, 0.25) is 0 Å². The topological polar surface area (TPSA) is 62.6 Å². The first-order valence-electron chi connectivity index (χ1n) is 11.0. The molecule has 168 valence electrons. The Labute approximate surface area is 193 Å². The molecule has 9 heteroatoms. The summed E-state index contributed by atoms with van der Waals surface area (Å²) in [6.07, 6.45) is 6.24. The summed E-state index contributed by atoms with van der Waals surface area (Å²) >= 11 is 7.41. The highest BCUT2D eigenvalue weighted by molar-refractivity contribution is 7.80. The number of carbonyl (C=O) groups is 1. The predicted octanol–water partition coefficient (Wildman–Crippen LogP) is 3.36. The molecule has 2 aromatic heterocycles. The van der Waals surface area contributed by atoms with Gasteiger partial charge in [0.1, 0.15) is 5.00 Å². The van der Waals surface area contributed by atoms with Crippen LogP contribution in [-0.2, 0) is 31.2 Å². The zero-order valence-electron chi connectivity index (χ0n) is 18.6. The largest absolute Gasteiger partial charge is 0.462 e. The van der Waals surface area contributed by atoms with E-state index in [1.54, 1.807) is 11.3 Å². The highest BCUT2D eigenvalue weighted by Gasteiger charge is 2.28. The summed E-state index contributed by atoms with van der Waals surface area (Å²) in [4.78, 5) is 18.6. The molecule has 1 N–H and O–H groups in total.